The molecule has 0 aliphatic rings. The van der Waals surface area contributed by atoms with Gasteiger partial charge in [0, 0.05) is 22.9 Å². The molecule has 0 saturated carbocycles. The normalized spacial score (nSPS) is 10.3. The largest absolute Gasteiger partial charge is 0.478 e. The SMILES string of the molecule is C=C(Cc1ccc([S+](C)C)cc1)C(=O)O. The number of hydrogen-bond donors (Lipinski definition) is 1. The van der Waals surface area contributed by atoms with Gasteiger partial charge in [0.1, 0.15) is 12.5 Å². The van der Waals surface area contributed by atoms with Gasteiger partial charge in [-0.15, -0.1) is 0 Å². The van der Waals surface area contributed by atoms with E-state index >= 15 is 0 Å². The average Bonchev–Trinajstić information content (AvgIpc) is 2.18. The van der Waals surface area contributed by atoms with Gasteiger partial charge in [0.25, 0.3) is 0 Å². The van der Waals surface area contributed by atoms with Crippen molar-refractivity contribution >= 4 is 16.9 Å². The first-order chi connectivity index (χ1) is 7.00. The summed E-state index contributed by atoms with van der Waals surface area (Å²) in [5.74, 6) is -0.926. The standard InChI is InChI=1S/C12H14O2S/c1-9(12(13)14)8-10-4-6-11(7-5-10)15(2)3/h4-7H,1,8H2,2-3H3/p+1. The lowest BCUT2D eigenvalue weighted by molar-refractivity contribution is -0.132. The summed E-state index contributed by atoms with van der Waals surface area (Å²) >= 11 is 0. The van der Waals surface area contributed by atoms with Crippen molar-refractivity contribution in [3.05, 3.63) is 42.0 Å². The Labute approximate surface area is 93.0 Å². The molecule has 0 aliphatic heterocycles. The third-order valence-corrected chi connectivity index (χ3v) is 3.33. The third kappa shape index (κ3) is 3.44. The molecule has 1 aromatic rings. The predicted octanol–water partition coefficient (Wildman–Crippen LogP) is 2.11. The Balaban J connectivity index is 2.73. The topological polar surface area (TPSA) is 37.3 Å². The van der Waals surface area contributed by atoms with Gasteiger partial charge in [-0.3, -0.25) is 0 Å². The first kappa shape index (κ1) is 11.9. The van der Waals surface area contributed by atoms with Crippen molar-refractivity contribution in [1.82, 2.24) is 0 Å². The van der Waals surface area contributed by atoms with Crippen LogP contribution in [0.25, 0.3) is 0 Å². The smallest absolute Gasteiger partial charge is 0.331 e. The van der Waals surface area contributed by atoms with Gasteiger partial charge in [0.15, 0.2) is 4.90 Å². The van der Waals surface area contributed by atoms with Gasteiger partial charge in [-0.25, -0.2) is 4.79 Å². The van der Waals surface area contributed by atoms with E-state index in [-0.39, 0.29) is 16.5 Å². The molecule has 0 atom stereocenters. The Bertz CT molecular complexity index is 366. The van der Waals surface area contributed by atoms with E-state index in [1.54, 1.807) is 0 Å². The van der Waals surface area contributed by atoms with Crippen LogP contribution in [0.15, 0.2) is 41.3 Å². The minimum atomic E-state index is -0.926. The van der Waals surface area contributed by atoms with E-state index in [9.17, 15) is 4.79 Å². The van der Waals surface area contributed by atoms with Crippen LogP contribution in [0.1, 0.15) is 5.56 Å². The summed E-state index contributed by atoms with van der Waals surface area (Å²) in [4.78, 5) is 11.9. The molecule has 0 bridgehead atoms. The first-order valence-electron chi connectivity index (χ1n) is 4.58. The quantitative estimate of drug-likeness (QED) is 0.627. The van der Waals surface area contributed by atoms with Gasteiger partial charge in [0.2, 0.25) is 0 Å². The van der Waals surface area contributed by atoms with Crippen LogP contribution in [-0.4, -0.2) is 23.6 Å². The zero-order valence-corrected chi connectivity index (χ0v) is 9.80. The maximum absolute atomic E-state index is 10.6. The van der Waals surface area contributed by atoms with Crippen molar-refractivity contribution in [1.29, 1.82) is 0 Å². The van der Waals surface area contributed by atoms with Crippen molar-refractivity contribution in [2.45, 2.75) is 11.3 Å². The van der Waals surface area contributed by atoms with Crippen molar-refractivity contribution in [2.24, 2.45) is 0 Å². The molecule has 1 rings (SSSR count). The number of carboxylic acid groups (broad SMARTS) is 1. The van der Waals surface area contributed by atoms with Crippen LogP contribution in [0.4, 0.5) is 0 Å². The highest BCUT2D eigenvalue weighted by atomic mass is 32.2. The highest BCUT2D eigenvalue weighted by Gasteiger charge is 2.09. The fraction of sp³-hybridized carbons (Fsp3) is 0.250. The highest BCUT2D eigenvalue weighted by Crippen LogP contribution is 2.13. The number of benzene rings is 1. The lowest BCUT2D eigenvalue weighted by atomic mass is 10.1. The second-order valence-corrected chi connectivity index (χ2v) is 5.65. The average molecular weight is 223 g/mol. The van der Waals surface area contributed by atoms with Crippen LogP contribution in [0.3, 0.4) is 0 Å². The van der Waals surface area contributed by atoms with E-state index in [1.807, 2.05) is 24.3 Å². The molecule has 0 fully saturated rings. The molecule has 0 spiro atoms. The van der Waals surface area contributed by atoms with Crippen molar-refractivity contribution in [2.75, 3.05) is 12.5 Å². The zero-order chi connectivity index (χ0) is 11.4. The molecule has 15 heavy (non-hydrogen) atoms. The second kappa shape index (κ2) is 5.03. The van der Waals surface area contributed by atoms with Gasteiger partial charge < -0.3 is 5.11 Å². The van der Waals surface area contributed by atoms with E-state index in [1.165, 1.54) is 4.90 Å². The molecule has 0 amide bonds. The maximum atomic E-state index is 10.6. The number of rotatable bonds is 4. The number of hydrogen-bond acceptors (Lipinski definition) is 1. The summed E-state index contributed by atoms with van der Waals surface area (Å²) in [5, 5.41) is 8.69. The summed E-state index contributed by atoms with van der Waals surface area (Å²) < 4.78 is 0. The van der Waals surface area contributed by atoms with E-state index in [4.69, 9.17) is 5.11 Å². The summed E-state index contributed by atoms with van der Waals surface area (Å²) in [6.07, 6.45) is 4.73. The predicted molar refractivity (Wildman–Crippen MR) is 64.4 cm³/mol. The van der Waals surface area contributed by atoms with Crippen molar-refractivity contribution in [3.63, 3.8) is 0 Å². The Morgan fingerprint density at radius 3 is 2.27 bits per heavy atom. The van der Waals surface area contributed by atoms with Crippen LogP contribution in [-0.2, 0) is 22.1 Å². The molecule has 3 heteroatoms. The fourth-order valence-electron chi connectivity index (χ4n) is 1.20. The lowest BCUT2D eigenvalue weighted by Gasteiger charge is -2.01. The van der Waals surface area contributed by atoms with E-state index in [2.05, 4.69) is 19.1 Å². The van der Waals surface area contributed by atoms with Gasteiger partial charge in [-0.05, 0) is 17.7 Å². The Kier molecular flexibility index (Phi) is 3.97. The summed E-state index contributed by atoms with van der Waals surface area (Å²) in [7, 11) is 0.253. The summed E-state index contributed by atoms with van der Waals surface area (Å²) in [6, 6.07) is 8.04. The number of carbonyl (C=O) groups is 1. The summed E-state index contributed by atoms with van der Waals surface area (Å²) in [5.41, 5.74) is 1.23. The molecule has 1 N–H and O–H groups in total. The highest BCUT2D eigenvalue weighted by molar-refractivity contribution is 7.95. The molecular weight excluding hydrogens is 208 g/mol. The minimum Gasteiger partial charge on any atom is -0.478 e. The van der Waals surface area contributed by atoms with Gasteiger partial charge in [-0.1, -0.05) is 18.7 Å². The van der Waals surface area contributed by atoms with Gasteiger partial charge in [0.05, 0.1) is 0 Å². The second-order valence-electron chi connectivity index (χ2n) is 3.55. The molecule has 0 radical (unpaired) electrons. The summed E-state index contributed by atoms with van der Waals surface area (Å²) in [6.45, 7) is 3.51. The number of aliphatic carboxylic acids is 1. The van der Waals surface area contributed by atoms with Crippen molar-refractivity contribution < 1.29 is 9.90 Å². The van der Waals surface area contributed by atoms with Crippen LogP contribution < -0.4 is 0 Å². The van der Waals surface area contributed by atoms with Crippen LogP contribution in [0, 0.1) is 0 Å². The molecule has 0 saturated heterocycles. The Morgan fingerprint density at radius 2 is 1.87 bits per heavy atom. The Hall–Kier alpha value is -1.22. The lowest BCUT2D eigenvalue weighted by Crippen LogP contribution is -2.02. The molecule has 0 aliphatic carbocycles. The number of carboxylic acids is 1. The van der Waals surface area contributed by atoms with Gasteiger partial charge >= 0.3 is 5.97 Å². The molecule has 0 heterocycles. The van der Waals surface area contributed by atoms with E-state index in [0.717, 1.165) is 5.56 Å². The van der Waals surface area contributed by atoms with Gasteiger partial charge in [-0.2, -0.15) is 0 Å². The molecular formula is C12H15O2S+. The maximum Gasteiger partial charge on any atom is 0.331 e. The minimum absolute atomic E-state index is 0.231. The zero-order valence-electron chi connectivity index (χ0n) is 8.99. The van der Waals surface area contributed by atoms with Crippen LogP contribution in [0.5, 0.6) is 0 Å². The third-order valence-electron chi connectivity index (χ3n) is 2.11. The molecule has 2 nitrogen and oxygen atoms in total. The first-order valence-corrected chi connectivity index (χ1v) is 6.62. The van der Waals surface area contributed by atoms with E-state index < -0.39 is 5.97 Å². The van der Waals surface area contributed by atoms with Crippen molar-refractivity contribution in [3.8, 4) is 0 Å². The van der Waals surface area contributed by atoms with E-state index in [0.29, 0.717) is 6.42 Å². The van der Waals surface area contributed by atoms with Crippen LogP contribution in [0.2, 0.25) is 0 Å². The van der Waals surface area contributed by atoms with Crippen LogP contribution >= 0.6 is 0 Å². The molecule has 0 unspecified atom stereocenters. The molecule has 1 aromatic carbocycles. The Morgan fingerprint density at radius 1 is 1.33 bits per heavy atom. The fourth-order valence-corrected chi connectivity index (χ4v) is 1.88. The monoisotopic (exact) mass is 223 g/mol. The molecule has 0 aromatic heterocycles. The molecule has 80 valence electrons.